The van der Waals surface area contributed by atoms with Crippen LogP contribution in [0.4, 0.5) is 0 Å². The molecule has 1 aromatic heterocycles. The van der Waals surface area contributed by atoms with Gasteiger partial charge in [0.15, 0.2) is 11.6 Å². The van der Waals surface area contributed by atoms with Gasteiger partial charge in [-0.2, -0.15) is 5.10 Å². The number of Topliss-reactive ketones (excluding diaryl/α,β-unsaturated/α-hetero) is 2. The van der Waals surface area contributed by atoms with Crippen molar-refractivity contribution in [2.45, 2.75) is 76.6 Å². The molecular weight excluding hydrogens is 406 g/mol. The fraction of sp³-hybridized carbons (Fsp3) is 0.600. The van der Waals surface area contributed by atoms with Crippen molar-refractivity contribution in [3.63, 3.8) is 0 Å². The maximum atomic E-state index is 13.4. The van der Waals surface area contributed by atoms with Gasteiger partial charge in [0.1, 0.15) is 12.2 Å². The van der Waals surface area contributed by atoms with E-state index in [9.17, 15) is 14.4 Å². The Morgan fingerprint density at radius 3 is 2.72 bits per heavy atom. The summed E-state index contributed by atoms with van der Waals surface area (Å²) >= 11 is 0. The van der Waals surface area contributed by atoms with Crippen molar-refractivity contribution in [2.75, 3.05) is 7.11 Å². The normalized spacial score (nSPS) is 29.2. The van der Waals surface area contributed by atoms with Gasteiger partial charge in [0, 0.05) is 31.9 Å². The van der Waals surface area contributed by atoms with Crippen molar-refractivity contribution in [1.82, 2.24) is 14.7 Å². The van der Waals surface area contributed by atoms with Gasteiger partial charge in [-0.15, -0.1) is 0 Å². The molecule has 2 aromatic rings. The highest BCUT2D eigenvalue weighted by Gasteiger charge is 2.55. The standard InChI is InChI=1S/C25H31N3O4/c1-15(29)25-19-8-3-4-9-20(19)27(26-25)14-24(31)28-21-12-17(21)13-22(28)23(30)11-16-6-5-7-18(10-16)32-2/h3-4,8-9,16-18,21-22H,5-7,10-14H2,1-2H3/t16-,17-,18-,21-,22+/m1/s1. The number of fused-ring (bicyclic) bond motifs is 2. The van der Waals surface area contributed by atoms with Crippen LogP contribution >= 0.6 is 0 Å². The highest BCUT2D eigenvalue weighted by atomic mass is 16.5. The van der Waals surface area contributed by atoms with Crippen LogP contribution in [0.5, 0.6) is 0 Å². The lowest BCUT2D eigenvalue weighted by Crippen LogP contribution is -2.45. The SMILES string of the molecule is CO[C@@H]1CCC[C@@H](CC(=O)[C@@H]2C[C@H]3C[C@H]3N2C(=O)Cn2nc(C(C)=O)c3ccccc32)C1. The third-order valence-corrected chi connectivity index (χ3v) is 7.60. The first-order chi connectivity index (χ1) is 15.5. The lowest BCUT2D eigenvalue weighted by Gasteiger charge is -2.31. The average molecular weight is 438 g/mol. The van der Waals surface area contributed by atoms with Gasteiger partial charge in [-0.05, 0) is 50.0 Å². The van der Waals surface area contributed by atoms with Crippen molar-refractivity contribution in [3.8, 4) is 0 Å². The van der Waals surface area contributed by atoms with Gasteiger partial charge < -0.3 is 9.64 Å². The quantitative estimate of drug-likeness (QED) is 0.620. The van der Waals surface area contributed by atoms with E-state index in [0.717, 1.165) is 49.4 Å². The van der Waals surface area contributed by atoms with Crippen LogP contribution in [0.15, 0.2) is 24.3 Å². The topological polar surface area (TPSA) is 81.5 Å². The molecular formula is C25H31N3O4. The van der Waals surface area contributed by atoms with Crippen LogP contribution in [0.1, 0.15) is 62.4 Å². The Bertz CT molecular complexity index is 1060. The number of rotatable bonds is 7. The summed E-state index contributed by atoms with van der Waals surface area (Å²) in [4.78, 5) is 40.5. The number of carbonyl (C=O) groups excluding carboxylic acids is 3. The number of methoxy groups -OCH3 is 1. The van der Waals surface area contributed by atoms with Gasteiger partial charge >= 0.3 is 0 Å². The Kier molecular flexibility index (Phi) is 5.61. The molecule has 1 aliphatic heterocycles. The average Bonchev–Trinajstić information content (AvgIpc) is 3.29. The summed E-state index contributed by atoms with van der Waals surface area (Å²) in [6.07, 6.45) is 6.72. The minimum absolute atomic E-state index is 0.0516. The minimum Gasteiger partial charge on any atom is -0.381 e. The lowest BCUT2D eigenvalue weighted by atomic mass is 9.82. The zero-order chi connectivity index (χ0) is 22.4. The number of piperidine rings is 1. The maximum absolute atomic E-state index is 13.4. The fourth-order valence-corrected chi connectivity index (χ4v) is 5.88. The zero-order valence-corrected chi connectivity index (χ0v) is 18.8. The first-order valence-electron chi connectivity index (χ1n) is 11.8. The molecule has 32 heavy (non-hydrogen) atoms. The number of benzene rings is 1. The van der Waals surface area contributed by atoms with E-state index in [-0.39, 0.29) is 42.2 Å². The van der Waals surface area contributed by atoms with Gasteiger partial charge in [-0.3, -0.25) is 19.1 Å². The molecule has 0 N–H and O–H groups in total. The van der Waals surface area contributed by atoms with Gasteiger partial charge in [-0.1, -0.05) is 24.6 Å². The second kappa shape index (κ2) is 8.43. The highest BCUT2D eigenvalue weighted by Crippen LogP contribution is 2.48. The van der Waals surface area contributed by atoms with Gasteiger partial charge in [0.05, 0.1) is 17.7 Å². The summed E-state index contributed by atoms with van der Waals surface area (Å²) in [5, 5.41) is 5.20. The fourth-order valence-electron chi connectivity index (χ4n) is 5.88. The molecule has 1 saturated heterocycles. The Morgan fingerprint density at radius 2 is 1.94 bits per heavy atom. The van der Waals surface area contributed by atoms with Gasteiger partial charge in [0.2, 0.25) is 5.91 Å². The molecule has 7 nitrogen and oxygen atoms in total. The van der Waals surface area contributed by atoms with Crippen molar-refractivity contribution in [3.05, 3.63) is 30.0 Å². The third-order valence-electron chi connectivity index (χ3n) is 7.60. The van der Waals surface area contributed by atoms with E-state index in [4.69, 9.17) is 4.74 Å². The Morgan fingerprint density at radius 1 is 1.12 bits per heavy atom. The second-order valence-corrected chi connectivity index (χ2v) is 9.76. The summed E-state index contributed by atoms with van der Waals surface area (Å²) in [6, 6.07) is 7.35. The maximum Gasteiger partial charge on any atom is 0.245 e. The van der Waals surface area contributed by atoms with E-state index in [1.807, 2.05) is 29.2 Å². The highest BCUT2D eigenvalue weighted by molar-refractivity contribution is 6.05. The van der Waals surface area contributed by atoms with Crippen molar-refractivity contribution in [2.24, 2.45) is 11.8 Å². The number of ether oxygens (including phenoxy) is 1. The van der Waals surface area contributed by atoms with Crippen LogP contribution in [0.2, 0.25) is 0 Å². The summed E-state index contributed by atoms with van der Waals surface area (Å²) in [7, 11) is 1.75. The molecule has 5 rings (SSSR count). The number of hydrogen-bond acceptors (Lipinski definition) is 5. The number of aromatic nitrogens is 2. The Balaban J connectivity index is 1.32. The van der Waals surface area contributed by atoms with E-state index in [1.165, 1.54) is 6.92 Å². The molecule has 170 valence electrons. The number of amides is 1. The predicted octanol–water partition coefficient (Wildman–Crippen LogP) is 3.39. The largest absolute Gasteiger partial charge is 0.381 e. The number of ketones is 2. The number of carbonyl (C=O) groups is 3. The Hall–Kier alpha value is -2.54. The van der Waals surface area contributed by atoms with Gasteiger partial charge in [0.25, 0.3) is 0 Å². The molecule has 7 heteroatoms. The van der Waals surface area contributed by atoms with Crippen molar-refractivity contribution >= 4 is 28.4 Å². The van der Waals surface area contributed by atoms with Crippen LogP contribution in [0.25, 0.3) is 10.9 Å². The predicted molar refractivity (Wildman–Crippen MR) is 119 cm³/mol. The molecule has 1 amide bonds. The molecule has 0 radical (unpaired) electrons. The molecule has 0 bridgehead atoms. The summed E-state index contributed by atoms with van der Waals surface area (Å²) in [5.74, 6) is 0.805. The molecule has 3 aliphatic rings. The van der Waals surface area contributed by atoms with E-state index in [0.29, 0.717) is 24.0 Å². The molecule has 2 saturated carbocycles. The monoisotopic (exact) mass is 437 g/mol. The number of hydrogen-bond donors (Lipinski definition) is 0. The zero-order valence-electron chi connectivity index (χ0n) is 18.8. The molecule has 0 unspecified atom stereocenters. The van der Waals surface area contributed by atoms with Crippen LogP contribution < -0.4 is 0 Å². The van der Waals surface area contributed by atoms with Crippen molar-refractivity contribution < 1.29 is 19.1 Å². The lowest BCUT2D eigenvalue weighted by molar-refractivity contribution is -0.140. The molecule has 2 aliphatic carbocycles. The number of nitrogens with zero attached hydrogens (tertiary/aromatic N) is 3. The molecule has 5 atom stereocenters. The third kappa shape index (κ3) is 3.87. The van der Waals surface area contributed by atoms with Crippen LogP contribution in [-0.2, 0) is 20.9 Å². The summed E-state index contributed by atoms with van der Waals surface area (Å²) < 4.78 is 7.14. The first kappa shape index (κ1) is 21.3. The molecule has 0 spiro atoms. The number of para-hydroxylation sites is 1. The van der Waals surface area contributed by atoms with E-state index in [1.54, 1.807) is 11.8 Å². The molecule has 1 aromatic carbocycles. The van der Waals surface area contributed by atoms with Gasteiger partial charge in [-0.25, -0.2) is 0 Å². The Labute approximate surface area is 188 Å². The molecule has 2 heterocycles. The van der Waals surface area contributed by atoms with E-state index < -0.39 is 0 Å². The van der Waals surface area contributed by atoms with Crippen LogP contribution in [0, 0.1) is 11.8 Å². The van der Waals surface area contributed by atoms with Crippen LogP contribution in [-0.4, -0.2) is 57.5 Å². The van der Waals surface area contributed by atoms with E-state index >= 15 is 0 Å². The van der Waals surface area contributed by atoms with E-state index in [2.05, 4.69) is 5.10 Å². The smallest absolute Gasteiger partial charge is 0.245 e. The summed E-state index contributed by atoms with van der Waals surface area (Å²) in [5.41, 5.74) is 1.16. The second-order valence-electron chi connectivity index (χ2n) is 9.76. The first-order valence-corrected chi connectivity index (χ1v) is 11.8. The minimum atomic E-state index is -0.316. The molecule has 3 fully saturated rings. The summed E-state index contributed by atoms with van der Waals surface area (Å²) in [6.45, 7) is 1.54. The number of likely N-dealkylation sites (tertiary alicyclic amines) is 1. The van der Waals surface area contributed by atoms with Crippen molar-refractivity contribution in [1.29, 1.82) is 0 Å². The van der Waals surface area contributed by atoms with Crippen LogP contribution in [0.3, 0.4) is 0 Å².